The molecule has 0 saturated carbocycles. The highest BCUT2D eigenvalue weighted by Gasteiger charge is 2.41. The van der Waals surface area contributed by atoms with E-state index in [0.29, 0.717) is 0 Å². The first kappa shape index (κ1) is 33.2. The summed E-state index contributed by atoms with van der Waals surface area (Å²) in [6, 6.07) is 10.5. The van der Waals surface area contributed by atoms with Gasteiger partial charge in [0.1, 0.15) is 5.69 Å². The minimum absolute atomic E-state index is 0.574. The summed E-state index contributed by atoms with van der Waals surface area (Å²) in [6.07, 6.45) is 3.11. The molecular weight excluding hydrogens is 433 g/mol. The Morgan fingerprint density at radius 3 is 1.45 bits per heavy atom. The molecule has 0 fully saturated rings. The SMILES string of the molecule is CCCC[N+](C)(CCCC)CCCC.C[N+](C)(C)c1ccccc1.O=COC(=O)C(F)(F)F. The van der Waals surface area contributed by atoms with E-state index in [1.54, 1.807) is 0 Å². The van der Waals surface area contributed by atoms with Crippen molar-refractivity contribution in [3.05, 3.63) is 30.3 Å². The van der Waals surface area contributed by atoms with Crippen molar-refractivity contribution >= 4 is 18.1 Å². The molecule has 192 valence electrons. The lowest BCUT2D eigenvalue weighted by molar-refractivity contribution is -0.910. The zero-order chi connectivity index (χ0) is 26.0. The van der Waals surface area contributed by atoms with Gasteiger partial charge in [0.15, 0.2) is 0 Å². The van der Waals surface area contributed by atoms with Crippen molar-refractivity contribution in [3.63, 3.8) is 0 Å². The highest BCUT2D eigenvalue weighted by Crippen LogP contribution is 2.15. The normalized spacial score (nSPS) is 11.5. The van der Waals surface area contributed by atoms with Gasteiger partial charge in [-0.25, -0.2) is 4.79 Å². The molecule has 33 heavy (non-hydrogen) atoms. The topological polar surface area (TPSA) is 43.4 Å². The van der Waals surface area contributed by atoms with E-state index in [1.807, 2.05) is 6.07 Å². The third kappa shape index (κ3) is 18.2. The number of ether oxygens (including phenoxy) is 1. The predicted octanol–water partition coefficient (Wildman–Crippen LogP) is 5.96. The van der Waals surface area contributed by atoms with Gasteiger partial charge in [-0.05, 0) is 31.4 Å². The van der Waals surface area contributed by atoms with Crippen molar-refractivity contribution in [3.8, 4) is 0 Å². The lowest BCUT2D eigenvalue weighted by Gasteiger charge is -2.34. The van der Waals surface area contributed by atoms with E-state index in [9.17, 15) is 18.0 Å². The number of carbonyl (C=O) groups is 2. The van der Waals surface area contributed by atoms with Crippen molar-refractivity contribution in [2.24, 2.45) is 0 Å². The average molecular weight is 479 g/mol. The molecule has 0 unspecified atom stereocenters. The number of hydrogen-bond donors (Lipinski definition) is 0. The van der Waals surface area contributed by atoms with Crippen LogP contribution in [0, 0.1) is 0 Å². The van der Waals surface area contributed by atoms with E-state index in [4.69, 9.17) is 4.79 Å². The summed E-state index contributed by atoms with van der Waals surface area (Å²) in [5.41, 5.74) is 1.34. The second kappa shape index (κ2) is 17.5. The smallest absolute Gasteiger partial charge is 0.389 e. The number of carbonyl (C=O) groups excluding carboxylic acids is 2. The van der Waals surface area contributed by atoms with E-state index in [-0.39, 0.29) is 0 Å². The van der Waals surface area contributed by atoms with E-state index in [0.717, 1.165) is 4.48 Å². The zero-order valence-corrected chi connectivity index (χ0v) is 21.6. The Morgan fingerprint density at radius 2 is 1.24 bits per heavy atom. The van der Waals surface area contributed by atoms with Crippen LogP contribution in [0.4, 0.5) is 18.9 Å². The van der Waals surface area contributed by atoms with E-state index in [1.165, 1.54) is 68.3 Å². The summed E-state index contributed by atoms with van der Waals surface area (Å²) in [5.74, 6) is -2.50. The van der Waals surface area contributed by atoms with Crippen LogP contribution in [-0.2, 0) is 14.3 Å². The number of hydrogen-bond acceptors (Lipinski definition) is 3. The molecule has 0 heterocycles. The average Bonchev–Trinajstić information content (AvgIpc) is 2.75. The lowest BCUT2D eigenvalue weighted by Crippen LogP contribution is -2.46. The minimum atomic E-state index is -5.08. The number of quaternary nitrogens is 2. The second-order valence-electron chi connectivity index (χ2n) is 9.20. The number of benzene rings is 1. The van der Waals surface area contributed by atoms with E-state index >= 15 is 0 Å². The molecule has 1 aromatic rings. The maximum atomic E-state index is 11.0. The first-order valence-corrected chi connectivity index (χ1v) is 11.7. The minimum Gasteiger partial charge on any atom is -0.389 e. The van der Waals surface area contributed by atoms with Gasteiger partial charge in [0.2, 0.25) is 0 Å². The predicted molar refractivity (Wildman–Crippen MR) is 130 cm³/mol. The summed E-state index contributed by atoms with van der Waals surface area (Å²) >= 11 is 0. The zero-order valence-electron chi connectivity index (χ0n) is 21.6. The van der Waals surface area contributed by atoms with Crippen LogP contribution in [0.1, 0.15) is 59.3 Å². The molecule has 5 nitrogen and oxygen atoms in total. The van der Waals surface area contributed by atoms with Gasteiger partial charge in [-0.2, -0.15) is 13.2 Å². The van der Waals surface area contributed by atoms with Crippen LogP contribution in [0.25, 0.3) is 0 Å². The number of nitrogens with zero attached hydrogens (tertiary/aromatic N) is 2. The number of halogens is 3. The van der Waals surface area contributed by atoms with Gasteiger partial charge in [-0.3, -0.25) is 9.28 Å². The molecule has 8 heteroatoms. The van der Waals surface area contributed by atoms with Crippen molar-refractivity contribution < 1.29 is 32.0 Å². The van der Waals surface area contributed by atoms with Crippen LogP contribution in [0.15, 0.2) is 30.3 Å². The number of para-hydroxylation sites is 1. The molecule has 0 atom stereocenters. The van der Waals surface area contributed by atoms with Gasteiger partial charge in [0.25, 0.3) is 0 Å². The Balaban J connectivity index is 0. The van der Waals surface area contributed by atoms with Crippen molar-refractivity contribution in [2.45, 2.75) is 65.5 Å². The molecule has 0 aliphatic carbocycles. The fourth-order valence-corrected chi connectivity index (χ4v) is 2.94. The molecule has 0 amide bonds. The quantitative estimate of drug-likeness (QED) is 0.170. The van der Waals surface area contributed by atoms with Crippen molar-refractivity contribution in [1.82, 2.24) is 4.48 Å². The molecule has 0 radical (unpaired) electrons. The van der Waals surface area contributed by atoms with Crippen LogP contribution in [0.5, 0.6) is 0 Å². The Hall–Kier alpha value is -1.93. The lowest BCUT2D eigenvalue weighted by atomic mass is 10.2. The van der Waals surface area contributed by atoms with Gasteiger partial charge < -0.3 is 9.22 Å². The summed E-state index contributed by atoms with van der Waals surface area (Å²) in [6.45, 7) is 10.5. The first-order valence-electron chi connectivity index (χ1n) is 11.7. The third-order valence-electron chi connectivity index (χ3n) is 5.07. The molecule has 1 rings (SSSR count). The highest BCUT2D eigenvalue weighted by atomic mass is 19.4. The van der Waals surface area contributed by atoms with Crippen LogP contribution >= 0.6 is 0 Å². The third-order valence-corrected chi connectivity index (χ3v) is 5.07. The van der Waals surface area contributed by atoms with E-state index < -0.39 is 18.6 Å². The van der Waals surface area contributed by atoms with Crippen LogP contribution in [0.2, 0.25) is 0 Å². The van der Waals surface area contributed by atoms with Gasteiger partial charge in [-0.15, -0.1) is 0 Å². The Bertz CT molecular complexity index is 608. The monoisotopic (exact) mass is 478 g/mol. The highest BCUT2D eigenvalue weighted by molar-refractivity contribution is 5.81. The summed E-state index contributed by atoms with van der Waals surface area (Å²) < 4.78 is 38.2. The molecule has 0 saturated heterocycles. The van der Waals surface area contributed by atoms with Crippen LogP contribution < -0.4 is 4.48 Å². The van der Waals surface area contributed by atoms with Gasteiger partial charge in [0, 0.05) is 0 Å². The number of unbranched alkanes of at least 4 members (excludes halogenated alkanes) is 3. The number of esters is 1. The van der Waals surface area contributed by atoms with Crippen molar-refractivity contribution in [1.29, 1.82) is 0 Å². The van der Waals surface area contributed by atoms with Gasteiger partial charge in [-0.1, -0.05) is 58.2 Å². The summed E-state index contributed by atoms with van der Waals surface area (Å²) in [7, 11) is 8.93. The van der Waals surface area contributed by atoms with Gasteiger partial charge in [0.05, 0.1) is 47.8 Å². The summed E-state index contributed by atoms with van der Waals surface area (Å²) in [4.78, 5) is 18.6. The molecule has 0 aliphatic heterocycles. The van der Waals surface area contributed by atoms with Crippen LogP contribution in [-0.4, -0.2) is 70.9 Å². The Labute approximate surface area is 198 Å². The maximum absolute atomic E-state index is 11.0. The van der Waals surface area contributed by atoms with E-state index in [2.05, 4.69) is 78.0 Å². The fourth-order valence-electron chi connectivity index (χ4n) is 2.94. The van der Waals surface area contributed by atoms with Crippen LogP contribution in [0.3, 0.4) is 0 Å². The number of rotatable bonds is 11. The van der Waals surface area contributed by atoms with Gasteiger partial charge >= 0.3 is 18.6 Å². The molecule has 0 N–H and O–H groups in total. The molecule has 0 bridgehead atoms. The number of alkyl halides is 3. The first-order chi connectivity index (χ1) is 15.3. The standard InChI is InChI=1S/C13H30N.C9H14N.C3HF3O3/c1-5-8-11-14(4,12-9-6-2)13-10-7-3;1-10(2,3)9-7-5-4-6-8-9;4-3(5,6)2(8)9-1-7/h5-13H2,1-4H3;4-8H,1-3H3;1H/q2*+1;. The summed E-state index contributed by atoms with van der Waals surface area (Å²) in [5, 5.41) is 0. The second-order valence-corrected chi connectivity index (χ2v) is 9.20. The molecule has 0 aliphatic rings. The fraction of sp³-hybridized carbons (Fsp3) is 0.680. The Kier molecular flexibility index (Phi) is 17.7. The van der Waals surface area contributed by atoms with Crippen molar-refractivity contribution in [2.75, 3.05) is 47.8 Å². The maximum Gasteiger partial charge on any atom is 0.491 e. The molecule has 0 aromatic heterocycles. The molecule has 1 aromatic carbocycles. The molecule has 0 spiro atoms. The molecular formula is C25H45F3N2O3+2. The largest absolute Gasteiger partial charge is 0.491 e. The Morgan fingerprint density at radius 1 is 0.848 bits per heavy atom.